The minimum atomic E-state index is 0.912. The molecule has 48 heavy (non-hydrogen) atoms. The molecule has 0 aliphatic heterocycles. The minimum absolute atomic E-state index is 0.912. The second-order valence-corrected chi connectivity index (χ2v) is 12.4. The Hall–Kier alpha value is -6.45. The summed E-state index contributed by atoms with van der Waals surface area (Å²) in [5, 5.41) is 12.1. The van der Waals surface area contributed by atoms with E-state index in [4.69, 9.17) is 9.97 Å². The first-order valence-electron chi connectivity index (χ1n) is 16.3. The van der Waals surface area contributed by atoms with Crippen molar-refractivity contribution in [1.29, 1.82) is 0 Å². The van der Waals surface area contributed by atoms with Gasteiger partial charge in [0.1, 0.15) is 0 Å². The summed E-state index contributed by atoms with van der Waals surface area (Å²) in [6.07, 6.45) is 3.77. The number of benzene rings is 7. The van der Waals surface area contributed by atoms with Crippen LogP contribution in [0.15, 0.2) is 164 Å². The van der Waals surface area contributed by atoms with E-state index in [0.29, 0.717) is 0 Å². The number of fused-ring (bicyclic) bond motifs is 10. The Morgan fingerprint density at radius 1 is 0.333 bits per heavy atom. The largest absolute Gasteiger partial charge is 0.264 e. The van der Waals surface area contributed by atoms with E-state index >= 15 is 0 Å². The first-order chi connectivity index (χ1) is 23.8. The number of hydrogen-bond acceptors (Lipinski definition) is 3. The fraction of sp³-hybridized carbons (Fsp3) is 0. The third-order valence-corrected chi connectivity index (χ3v) is 9.73. The summed E-state index contributed by atoms with van der Waals surface area (Å²) in [6, 6.07) is 54.1. The predicted octanol–water partition coefficient (Wildman–Crippen LogP) is 11.8. The van der Waals surface area contributed by atoms with Gasteiger partial charge >= 0.3 is 0 Å². The summed E-state index contributed by atoms with van der Waals surface area (Å²) >= 11 is 0. The van der Waals surface area contributed by atoms with Gasteiger partial charge in [-0.15, -0.1) is 0 Å². The van der Waals surface area contributed by atoms with Crippen molar-refractivity contribution in [3.05, 3.63) is 164 Å². The maximum Gasteiger partial charge on any atom is 0.0972 e. The zero-order chi connectivity index (χ0) is 31.6. The molecule has 0 amide bonds. The van der Waals surface area contributed by atoms with Gasteiger partial charge in [0.2, 0.25) is 0 Å². The highest BCUT2D eigenvalue weighted by atomic mass is 14.8. The molecular formula is C45H27N3. The molecule has 10 aromatic rings. The Labute approximate surface area is 276 Å². The average molecular weight is 610 g/mol. The lowest BCUT2D eigenvalue weighted by Crippen LogP contribution is -1.91. The number of pyridine rings is 3. The van der Waals surface area contributed by atoms with Crippen LogP contribution in [0.4, 0.5) is 0 Å². The van der Waals surface area contributed by atoms with Crippen LogP contribution in [0.1, 0.15) is 0 Å². The fourth-order valence-corrected chi connectivity index (χ4v) is 7.35. The highest BCUT2D eigenvalue weighted by Gasteiger charge is 2.13. The molecular weight excluding hydrogens is 583 g/mol. The lowest BCUT2D eigenvalue weighted by atomic mass is 9.93. The molecule has 10 rings (SSSR count). The molecule has 3 heterocycles. The summed E-state index contributed by atoms with van der Waals surface area (Å²) in [4.78, 5) is 14.8. The molecule has 0 spiro atoms. The Kier molecular flexibility index (Phi) is 5.87. The summed E-state index contributed by atoms with van der Waals surface area (Å²) in [7, 11) is 0. The lowest BCUT2D eigenvalue weighted by molar-refractivity contribution is 1.36. The third-order valence-electron chi connectivity index (χ3n) is 9.73. The standard InChI is InChI=1S/C45H27N3/c1-2-9-38-36(7-1)37-8-3-4-10-39(37)41-26-32(18-21-40(38)41)43-23-20-31-17-16-30-19-22-42(47-44(30)45(31)48-43)29-14-12-28(13-15-29)34-11-5-6-33-27-46-25-24-35(33)34/h1-27H. The molecule has 0 radical (unpaired) electrons. The van der Waals surface area contributed by atoms with E-state index in [1.54, 1.807) is 0 Å². The molecule has 0 unspecified atom stereocenters. The van der Waals surface area contributed by atoms with E-state index in [1.165, 1.54) is 48.8 Å². The normalized spacial score (nSPS) is 11.8. The summed E-state index contributed by atoms with van der Waals surface area (Å²) in [5.74, 6) is 0. The van der Waals surface area contributed by atoms with Gasteiger partial charge in [0.05, 0.1) is 22.4 Å². The van der Waals surface area contributed by atoms with Gasteiger partial charge < -0.3 is 0 Å². The Morgan fingerprint density at radius 2 is 0.875 bits per heavy atom. The zero-order valence-corrected chi connectivity index (χ0v) is 25.9. The van der Waals surface area contributed by atoms with E-state index < -0.39 is 0 Å². The first kappa shape index (κ1) is 26.7. The van der Waals surface area contributed by atoms with Gasteiger partial charge in [0, 0.05) is 39.7 Å². The lowest BCUT2D eigenvalue weighted by Gasteiger charge is -2.12. The topological polar surface area (TPSA) is 38.7 Å². The van der Waals surface area contributed by atoms with Crippen LogP contribution in [0.25, 0.3) is 98.5 Å². The summed E-state index contributed by atoms with van der Waals surface area (Å²) in [5.41, 5.74) is 8.24. The molecule has 0 saturated carbocycles. The molecule has 3 heteroatoms. The zero-order valence-electron chi connectivity index (χ0n) is 25.9. The Bertz CT molecular complexity index is 2850. The highest BCUT2D eigenvalue weighted by Crippen LogP contribution is 2.38. The summed E-state index contributed by atoms with van der Waals surface area (Å²) < 4.78 is 0. The Balaban J connectivity index is 1.09. The monoisotopic (exact) mass is 609 g/mol. The molecule has 0 aliphatic carbocycles. The molecule has 7 aromatic carbocycles. The summed E-state index contributed by atoms with van der Waals surface area (Å²) in [6.45, 7) is 0. The van der Waals surface area contributed by atoms with Crippen LogP contribution in [0.2, 0.25) is 0 Å². The predicted molar refractivity (Wildman–Crippen MR) is 201 cm³/mol. The minimum Gasteiger partial charge on any atom is -0.264 e. The number of hydrogen-bond donors (Lipinski definition) is 0. The molecule has 0 bridgehead atoms. The van der Waals surface area contributed by atoms with Crippen LogP contribution in [-0.2, 0) is 0 Å². The van der Waals surface area contributed by atoms with Crippen molar-refractivity contribution in [2.45, 2.75) is 0 Å². The quantitative estimate of drug-likeness (QED) is 0.187. The van der Waals surface area contributed by atoms with E-state index in [9.17, 15) is 0 Å². The van der Waals surface area contributed by atoms with E-state index in [2.05, 4.69) is 157 Å². The maximum atomic E-state index is 5.27. The van der Waals surface area contributed by atoms with Crippen molar-refractivity contribution >= 4 is 64.9 Å². The van der Waals surface area contributed by atoms with Crippen molar-refractivity contribution in [1.82, 2.24) is 15.0 Å². The van der Waals surface area contributed by atoms with Gasteiger partial charge in [0.25, 0.3) is 0 Å². The van der Waals surface area contributed by atoms with E-state index in [1.807, 2.05) is 12.4 Å². The van der Waals surface area contributed by atoms with Gasteiger partial charge in [-0.05, 0) is 73.1 Å². The number of nitrogens with zero attached hydrogens (tertiary/aromatic N) is 3. The van der Waals surface area contributed by atoms with Crippen LogP contribution < -0.4 is 0 Å². The maximum absolute atomic E-state index is 5.27. The first-order valence-corrected chi connectivity index (χ1v) is 16.3. The van der Waals surface area contributed by atoms with Crippen LogP contribution >= 0.6 is 0 Å². The van der Waals surface area contributed by atoms with Crippen LogP contribution in [0.3, 0.4) is 0 Å². The second-order valence-electron chi connectivity index (χ2n) is 12.4. The molecule has 3 nitrogen and oxygen atoms in total. The van der Waals surface area contributed by atoms with Gasteiger partial charge in [-0.2, -0.15) is 0 Å². The SMILES string of the molecule is c1cc(-c2ccc(-c3ccc4ccc5ccc(-c6ccc7c8ccccc8c8ccccc8c7c6)nc5c4n3)cc2)c2ccncc2c1. The van der Waals surface area contributed by atoms with Gasteiger partial charge in [-0.1, -0.05) is 127 Å². The molecule has 0 aliphatic rings. The molecule has 0 fully saturated rings. The Morgan fingerprint density at radius 3 is 1.54 bits per heavy atom. The molecule has 0 saturated heterocycles. The van der Waals surface area contributed by atoms with E-state index in [0.717, 1.165) is 49.7 Å². The molecule has 0 atom stereocenters. The average Bonchev–Trinajstić information content (AvgIpc) is 3.17. The third kappa shape index (κ3) is 4.18. The van der Waals surface area contributed by atoms with Crippen molar-refractivity contribution in [3.63, 3.8) is 0 Å². The van der Waals surface area contributed by atoms with Crippen molar-refractivity contribution in [2.24, 2.45) is 0 Å². The van der Waals surface area contributed by atoms with Crippen molar-refractivity contribution in [3.8, 4) is 33.6 Å². The van der Waals surface area contributed by atoms with Gasteiger partial charge in [0.15, 0.2) is 0 Å². The number of rotatable bonds is 3. The van der Waals surface area contributed by atoms with Crippen LogP contribution in [-0.4, -0.2) is 15.0 Å². The molecule has 3 aromatic heterocycles. The molecule has 0 N–H and O–H groups in total. The van der Waals surface area contributed by atoms with Crippen molar-refractivity contribution < 1.29 is 0 Å². The van der Waals surface area contributed by atoms with Crippen LogP contribution in [0.5, 0.6) is 0 Å². The molecule has 222 valence electrons. The highest BCUT2D eigenvalue weighted by molar-refractivity contribution is 6.25. The smallest absolute Gasteiger partial charge is 0.0972 e. The van der Waals surface area contributed by atoms with Crippen molar-refractivity contribution in [2.75, 3.05) is 0 Å². The van der Waals surface area contributed by atoms with E-state index in [-0.39, 0.29) is 0 Å². The second kappa shape index (κ2) is 10.5. The van der Waals surface area contributed by atoms with Gasteiger partial charge in [-0.3, -0.25) is 4.98 Å². The van der Waals surface area contributed by atoms with Gasteiger partial charge in [-0.25, -0.2) is 9.97 Å². The number of aromatic nitrogens is 3. The fourth-order valence-electron chi connectivity index (χ4n) is 7.35. The van der Waals surface area contributed by atoms with Crippen LogP contribution in [0, 0.1) is 0 Å².